The highest BCUT2D eigenvalue weighted by Gasteiger charge is 2.46. The Morgan fingerprint density at radius 3 is 1.95 bits per heavy atom. The highest BCUT2D eigenvalue weighted by atomic mass is 19.4. The Hall–Kier alpha value is -2.90. The normalized spacial score (nSPS) is 22.6. The first-order valence-corrected chi connectivity index (χ1v) is 13.2. The van der Waals surface area contributed by atoms with Crippen molar-refractivity contribution in [3.63, 3.8) is 0 Å². The Kier molecular flexibility index (Phi) is 12.2. The van der Waals surface area contributed by atoms with E-state index in [4.69, 9.17) is 19.8 Å². The fraction of sp³-hybridized carbons (Fsp3) is 0.692. The van der Waals surface area contributed by atoms with Crippen LogP contribution >= 0.6 is 0 Å². The number of pyridine rings is 1. The molecule has 1 atom stereocenters. The molecular formula is C26H35F6N3O5. The molecule has 40 heavy (non-hydrogen) atoms. The third-order valence-electron chi connectivity index (χ3n) is 7.49. The van der Waals surface area contributed by atoms with Gasteiger partial charge in [0.15, 0.2) is 0 Å². The predicted octanol–water partition coefficient (Wildman–Crippen LogP) is 5.28. The van der Waals surface area contributed by atoms with Crippen LogP contribution in [-0.4, -0.2) is 80.4 Å². The maximum Gasteiger partial charge on any atom is 0.490 e. The molecule has 1 spiro atoms. The van der Waals surface area contributed by atoms with Crippen LogP contribution in [0.3, 0.4) is 0 Å². The third kappa shape index (κ3) is 10.6. The number of nitrogens with zero attached hydrogens (tertiary/aromatic N) is 3. The van der Waals surface area contributed by atoms with Gasteiger partial charge in [-0.2, -0.15) is 26.3 Å². The summed E-state index contributed by atoms with van der Waals surface area (Å²) in [5.41, 5.74) is 1.50. The Morgan fingerprint density at radius 2 is 1.43 bits per heavy atom. The summed E-state index contributed by atoms with van der Waals surface area (Å²) in [5, 5.41) is 14.2. The molecule has 2 aliphatic heterocycles. The molecule has 1 unspecified atom stereocenters. The summed E-state index contributed by atoms with van der Waals surface area (Å²) in [7, 11) is 0. The van der Waals surface area contributed by atoms with Crippen LogP contribution in [0, 0.1) is 5.92 Å². The number of hydrogen-bond acceptors (Lipinski definition) is 5. The summed E-state index contributed by atoms with van der Waals surface area (Å²) in [6, 6.07) is 4.24. The van der Waals surface area contributed by atoms with Gasteiger partial charge in [-0.1, -0.05) is 19.3 Å². The van der Waals surface area contributed by atoms with E-state index in [1.54, 1.807) is 0 Å². The summed E-state index contributed by atoms with van der Waals surface area (Å²) in [5.74, 6) is -4.34. The van der Waals surface area contributed by atoms with Crippen LogP contribution in [0.5, 0.6) is 0 Å². The molecule has 1 aromatic rings. The molecule has 0 bridgehead atoms. The first-order chi connectivity index (χ1) is 18.6. The van der Waals surface area contributed by atoms with Crippen LogP contribution in [0.4, 0.5) is 26.3 Å². The zero-order valence-corrected chi connectivity index (χ0v) is 22.0. The average molecular weight is 584 g/mol. The number of rotatable bonds is 4. The highest BCUT2D eigenvalue weighted by molar-refractivity contribution is 5.79. The van der Waals surface area contributed by atoms with Crippen LogP contribution in [0.2, 0.25) is 0 Å². The SMILES string of the molecule is O=C(O)C(F)(F)F.O=C(O)C(F)(F)F.O=C1CCC2(CCCN(Cc3ccncc3)CC2)N1CC1CCCCC1. The number of carboxylic acid groups (broad SMARTS) is 2. The van der Waals surface area contributed by atoms with Crippen LogP contribution in [0.15, 0.2) is 24.5 Å². The number of carboxylic acids is 2. The molecule has 0 radical (unpaired) electrons. The van der Waals surface area contributed by atoms with Gasteiger partial charge in [0, 0.05) is 44.0 Å². The molecule has 1 amide bonds. The van der Waals surface area contributed by atoms with E-state index < -0.39 is 24.3 Å². The number of likely N-dealkylation sites (tertiary alicyclic amines) is 2. The van der Waals surface area contributed by atoms with Crippen molar-refractivity contribution in [1.82, 2.24) is 14.8 Å². The number of aromatic nitrogens is 1. The first kappa shape index (κ1) is 33.3. The van der Waals surface area contributed by atoms with Gasteiger partial charge >= 0.3 is 24.3 Å². The number of hydrogen-bond donors (Lipinski definition) is 2. The Labute approximate surface area is 228 Å². The van der Waals surface area contributed by atoms with Crippen LogP contribution in [-0.2, 0) is 20.9 Å². The molecule has 3 fully saturated rings. The van der Waals surface area contributed by atoms with E-state index in [2.05, 4.69) is 26.9 Å². The maximum absolute atomic E-state index is 12.7. The fourth-order valence-electron chi connectivity index (χ4n) is 5.46. The zero-order chi connectivity index (χ0) is 30.0. The van der Waals surface area contributed by atoms with Crippen LogP contribution in [0.25, 0.3) is 0 Å². The van der Waals surface area contributed by atoms with Crippen LogP contribution in [0.1, 0.15) is 69.8 Å². The highest BCUT2D eigenvalue weighted by Crippen LogP contribution is 2.41. The van der Waals surface area contributed by atoms with Crippen LogP contribution < -0.4 is 0 Å². The second-order valence-corrected chi connectivity index (χ2v) is 10.3. The van der Waals surface area contributed by atoms with E-state index in [0.717, 1.165) is 51.4 Å². The summed E-state index contributed by atoms with van der Waals surface area (Å²) in [6.07, 6.45) is 5.78. The maximum atomic E-state index is 12.7. The summed E-state index contributed by atoms with van der Waals surface area (Å²) in [6.45, 7) is 4.30. The fourth-order valence-corrected chi connectivity index (χ4v) is 5.46. The Bertz CT molecular complexity index is 946. The van der Waals surface area contributed by atoms with Crippen molar-refractivity contribution in [1.29, 1.82) is 0 Å². The molecule has 0 aromatic carbocycles. The van der Waals surface area contributed by atoms with Crippen molar-refractivity contribution in [2.75, 3.05) is 19.6 Å². The number of carbonyl (C=O) groups is 3. The molecule has 226 valence electrons. The minimum Gasteiger partial charge on any atom is -0.475 e. The summed E-state index contributed by atoms with van der Waals surface area (Å²) < 4.78 is 63.5. The van der Waals surface area contributed by atoms with Gasteiger partial charge in [0.05, 0.1) is 0 Å². The van der Waals surface area contributed by atoms with E-state index >= 15 is 0 Å². The van der Waals surface area contributed by atoms with Gasteiger partial charge < -0.3 is 15.1 Å². The summed E-state index contributed by atoms with van der Waals surface area (Å²) in [4.78, 5) is 39.6. The van der Waals surface area contributed by atoms with Crippen molar-refractivity contribution in [3.8, 4) is 0 Å². The van der Waals surface area contributed by atoms with E-state index in [-0.39, 0.29) is 5.54 Å². The summed E-state index contributed by atoms with van der Waals surface area (Å²) >= 11 is 0. The Morgan fingerprint density at radius 1 is 0.875 bits per heavy atom. The van der Waals surface area contributed by atoms with E-state index in [1.807, 2.05) is 12.4 Å². The molecular weight excluding hydrogens is 548 g/mol. The molecule has 2 N–H and O–H groups in total. The van der Waals surface area contributed by atoms with Gasteiger partial charge in [-0.05, 0) is 68.7 Å². The van der Waals surface area contributed by atoms with Gasteiger partial charge in [0.1, 0.15) is 0 Å². The lowest BCUT2D eigenvalue weighted by atomic mass is 9.84. The van der Waals surface area contributed by atoms with Gasteiger partial charge in [-0.25, -0.2) is 9.59 Å². The molecule has 1 aliphatic carbocycles. The number of halogens is 6. The van der Waals surface area contributed by atoms with Crippen molar-refractivity contribution in [2.24, 2.45) is 5.92 Å². The lowest BCUT2D eigenvalue weighted by Gasteiger charge is -2.41. The molecule has 14 heteroatoms. The van der Waals surface area contributed by atoms with Gasteiger partial charge in [0.2, 0.25) is 5.91 Å². The molecule has 1 saturated carbocycles. The molecule has 1 aromatic heterocycles. The molecule has 8 nitrogen and oxygen atoms in total. The number of amides is 1. The van der Waals surface area contributed by atoms with Crippen molar-refractivity contribution < 1.29 is 50.9 Å². The van der Waals surface area contributed by atoms with E-state index in [1.165, 1.54) is 50.5 Å². The quantitative estimate of drug-likeness (QED) is 0.465. The lowest BCUT2D eigenvalue weighted by molar-refractivity contribution is -0.193. The van der Waals surface area contributed by atoms with Gasteiger partial charge in [-0.15, -0.1) is 0 Å². The number of alkyl halides is 6. The molecule has 4 rings (SSSR count). The average Bonchev–Trinajstić information content (AvgIpc) is 3.04. The smallest absolute Gasteiger partial charge is 0.475 e. The molecule has 3 heterocycles. The minimum absolute atomic E-state index is 0.154. The van der Waals surface area contributed by atoms with E-state index in [0.29, 0.717) is 5.91 Å². The number of aliphatic carboxylic acids is 2. The van der Waals surface area contributed by atoms with E-state index in [9.17, 15) is 31.1 Å². The second-order valence-electron chi connectivity index (χ2n) is 10.3. The van der Waals surface area contributed by atoms with Gasteiger partial charge in [-0.3, -0.25) is 14.7 Å². The minimum atomic E-state index is -5.08. The van der Waals surface area contributed by atoms with Gasteiger partial charge in [0.25, 0.3) is 0 Å². The topological polar surface area (TPSA) is 111 Å². The lowest BCUT2D eigenvalue weighted by Crippen LogP contribution is -2.48. The monoisotopic (exact) mass is 583 g/mol. The van der Waals surface area contributed by atoms with Crippen molar-refractivity contribution >= 4 is 17.8 Å². The number of carbonyl (C=O) groups excluding carboxylic acids is 1. The third-order valence-corrected chi connectivity index (χ3v) is 7.49. The Balaban J connectivity index is 0.000000333. The second kappa shape index (κ2) is 14.6. The van der Waals surface area contributed by atoms with Crippen molar-refractivity contribution in [2.45, 2.75) is 88.6 Å². The zero-order valence-electron chi connectivity index (χ0n) is 22.0. The molecule has 2 saturated heterocycles. The standard InChI is InChI=1S/C22H33N3O.2C2HF3O2/c26-21-7-11-22(25(21)18-19-5-2-1-3-6-19)10-4-15-24(16-12-22)17-20-8-13-23-14-9-20;2*3-2(4,5)1(6)7/h8-9,13-14,19H,1-7,10-12,15-18H2;2*(H,6,7). The molecule has 3 aliphatic rings. The van der Waals surface area contributed by atoms with Crippen molar-refractivity contribution in [3.05, 3.63) is 30.1 Å². The first-order valence-electron chi connectivity index (χ1n) is 13.2. The largest absolute Gasteiger partial charge is 0.490 e. The predicted molar refractivity (Wildman–Crippen MR) is 131 cm³/mol.